The van der Waals surface area contributed by atoms with Crippen molar-refractivity contribution in [1.29, 1.82) is 0 Å². The van der Waals surface area contributed by atoms with Crippen molar-refractivity contribution in [3.8, 4) is 5.75 Å². The second-order valence-electron chi connectivity index (χ2n) is 7.37. The Morgan fingerprint density at radius 1 is 1.13 bits per heavy atom. The highest BCUT2D eigenvalue weighted by atomic mass is 32.2. The van der Waals surface area contributed by atoms with Gasteiger partial charge in [0.2, 0.25) is 0 Å². The van der Waals surface area contributed by atoms with E-state index in [4.69, 9.17) is 4.74 Å². The summed E-state index contributed by atoms with van der Waals surface area (Å²) in [6.45, 7) is 4.56. The van der Waals surface area contributed by atoms with Crippen LogP contribution in [0.25, 0.3) is 10.2 Å². The molecule has 2 aromatic carbocycles. The predicted molar refractivity (Wildman–Crippen MR) is 118 cm³/mol. The molecule has 0 unspecified atom stereocenters. The number of hydrogen-bond donors (Lipinski definition) is 0. The number of piperazine rings is 1. The minimum absolute atomic E-state index is 0.0266. The number of anilines is 1. The van der Waals surface area contributed by atoms with Gasteiger partial charge in [-0.15, -0.1) is 0 Å². The van der Waals surface area contributed by atoms with Crippen molar-refractivity contribution < 1.29 is 17.9 Å². The van der Waals surface area contributed by atoms with Gasteiger partial charge in [-0.1, -0.05) is 23.5 Å². The van der Waals surface area contributed by atoms with Gasteiger partial charge in [-0.2, -0.15) is 0 Å². The molecule has 1 saturated heterocycles. The standard InChI is InChI=1S/C21H23N3O4S2/c1-15-4-3-5-16(12-15)28-14-20(25)23-8-10-24(11-9-23)21-22-18-7-6-17(30(2,26)27)13-19(18)29-21/h3-7,12-13H,8-11,14H2,1-2H3. The van der Waals surface area contributed by atoms with Crippen LogP contribution in [0.5, 0.6) is 5.75 Å². The van der Waals surface area contributed by atoms with E-state index in [2.05, 4.69) is 9.88 Å². The zero-order valence-corrected chi connectivity index (χ0v) is 18.5. The second-order valence-corrected chi connectivity index (χ2v) is 10.4. The molecular formula is C21H23N3O4S2. The van der Waals surface area contributed by atoms with Crippen LogP contribution >= 0.6 is 11.3 Å². The van der Waals surface area contributed by atoms with Crippen LogP contribution in [-0.2, 0) is 14.6 Å². The first-order valence-corrected chi connectivity index (χ1v) is 12.3. The summed E-state index contributed by atoms with van der Waals surface area (Å²) in [6.07, 6.45) is 1.20. The van der Waals surface area contributed by atoms with E-state index < -0.39 is 9.84 Å². The van der Waals surface area contributed by atoms with E-state index in [0.717, 1.165) is 20.9 Å². The molecule has 1 fully saturated rings. The number of benzene rings is 2. The molecule has 9 heteroatoms. The molecule has 0 bridgehead atoms. The maximum Gasteiger partial charge on any atom is 0.260 e. The second kappa shape index (κ2) is 8.23. The Labute approximate surface area is 179 Å². The number of thiazole rings is 1. The largest absolute Gasteiger partial charge is 0.484 e. The summed E-state index contributed by atoms with van der Waals surface area (Å²) in [7, 11) is -3.25. The Hall–Kier alpha value is -2.65. The van der Waals surface area contributed by atoms with Crippen LogP contribution in [0.4, 0.5) is 5.13 Å². The molecule has 0 aliphatic carbocycles. The van der Waals surface area contributed by atoms with Gasteiger partial charge in [-0.05, 0) is 42.8 Å². The number of sulfone groups is 1. The molecule has 30 heavy (non-hydrogen) atoms. The average Bonchev–Trinajstić information content (AvgIpc) is 3.15. The van der Waals surface area contributed by atoms with Crippen molar-refractivity contribution in [2.45, 2.75) is 11.8 Å². The van der Waals surface area contributed by atoms with E-state index in [0.29, 0.717) is 36.8 Å². The van der Waals surface area contributed by atoms with Gasteiger partial charge in [0.25, 0.3) is 5.91 Å². The van der Waals surface area contributed by atoms with Crippen LogP contribution in [0.3, 0.4) is 0 Å². The topological polar surface area (TPSA) is 79.8 Å². The van der Waals surface area contributed by atoms with Crippen LogP contribution in [0.1, 0.15) is 5.56 Å². The van der Waals surface area contributed by atoms with Gasteiger partial charge in [0.05, 0.1) is 15.1 Å². The summed E-state index contributed by atoms with van der Waals surface area (Å²) < 4.78 is 30.0. The van der Waals surface area contributed by atoms with E-state index in [1.54, 1.807) is 23.1 Å². The van der Waals surface area contributed by atoms with E-state index in [9.17, 15) is 13.2 Å². The molecule has 1 aliphatic heterocycles. The van der Waals surface area contributed by atoms with E-state index in [-0.39, 0.29) is 12.5 Å². The van der Waals surface area contributed by atoms with E-state index in [1.807, 2.05) is 31.2 Å². The molecule has 4 rings (SSSR count). The summed E-state index contributed by atoms with van der Waals surface area (Å²) >= 11 is 1.47. The quantitative estimate of drug-likeness (QED) is 0.601. The number of ether oxygens (including phenoxy) is 1. The first kappa shape index (κ1) is 20.6. The average molecular weight is 446 g/mol. The third kappa shape index (κ3) is 4.57. The molecule has 0 atom stereocenters. The van der Waals surface area contributed by atoms with Crippen molar-refractivity contribution in [3.63, 3.8) is 0 Å². The van der Waals surface area contributed by atoms with E-state index in [1.165, 1.54) is 17.6 Å². The lowest BCUT2D eigenvalue weighted by molar-refractivity contribution is -0.133. The molecule has 3 aromatic rings. The Morgan fingerprint density at radius 3 is 2.60 bits per heavy atom. The lowest BCUT2D eigenvalue weighted by Crippen LogP contribution is -2.50. The molecule has 158 valence electrons. The number of hydrogen-bond acceptors (Lipinski definition) is 7. The molecule has 7 nitrogen and oxygen atoms in total. The number of fused-ring (bicyclic) bond motifs is 1. The molecule has 2 heterocycles. The third-order valence-electron chi connectivity index (χ3n) is 5.03. The van der Waals surface area contributed by atoms with Crippen molar-refractivity contribution in [1.82, 2.24) is 9.88 Å². The van der Waals surface area contributed by atoms with Gasteiger partial charge in [0, 0.05) is 32.4 Å². The fourth-order valence-corrected chi connectivity index (χ4v) is 5.13. The number of nitrogens with zero attached hydrogens (tertiary/aromatic N) is 3. The molecular weight excluding hydrogens is 422 g/mol. The highest BCUT2D eigenvalue weighted by Gasteiger charge is 2.23. The maximum absolute atomic E-state index is 12.5. The monoisotopic (exact) mass is 445 g/mol. The normalized spacial score (nSPS) is 14.9. The van der Waals surface area contributed by atoms with Gasteiger partial charge in [-0.25, -0.2) is 13.4 Å². The number of carbonyl (C=O) groups excluding carboxylic acids is 1. The maximum atomic E-state index is 12.5. The fraction of sp³-hybridized carbons (Fsp3) is 0.333. The highest BCUT2D eigenvalue weighted by Crippen LogP contribution is 2.31. The highest BCUT2D eigenvalue weighted by molar-refractivity contribution is 7.90. The van der Waals surface area contributed by atoms with Gasteiger partial charge in [0.1, 0.15) is 5.75 Å². The smallest absolute Gasteiger partial charge is 0.260 e. The van der Waals surface area contributed by atoms with Crippen molar-refractivity contribution >= 4 is 42.4 Å². The number of aryl methyl sites for hydroxylation is 1. The van der Waals surface area contributed by atoms with Crippen LogP contribution in [0.15, 0.2) is 47.4 Å². The number of carbonyl (C=O) groups is 1. The summed E-state index contributed by atoms with van der Waals surface area (Å²) in [5.74, 6) is 0.670. The number of aromatic nitrogens is 1. The summed E-state index contributed by atoms with van der Waals surface area (Å²) in [4.78, 5) is 21.4. The summed E-state index contributed by atoms with van der Waals surface area (Å²) in [6, 6.07) is 12.7. The Morgan fingerprint density at radius 2 is 1.90 bits per heavy atom. The molecule has 1 aliphatic rings. The molecule has 0 spiro atoms. The summed E-state index contributed by atoms with van der Waals surface area (Å²) in [5, 5.41) is 0.846. The fourth-order valence-electron chi connectivity index (χ4n) is 3.35. The minimum Gasteiger partial charge on any atom is -0.484 e. The van der Waals surface area contributed by atoms with Crippen molar-refractivity contribution in [2.75, 3.05) is 43.9 Å². The number of rotatable bonds is 5. The lowest BCUT2D eigenvalue weighted by atomic mass is 10.2. The van der Waals surface area contributed by atoms with Crippen LogP contribution < -0.4 is 9.64 Å². The predicted octanol–water partition coefficient (Wildman–Crippen LogP) is 2.74. The zero-order valence-electron chi connectivity index (χ0n) is 16.9. The first-order valence-electron chi connectivity index (χ1n) is 9.62. The minimum atomic E-state index is -3.25. The Balaban J connectivity index is 1.36. The van der Waals surface area contributed by atoms with E-state index >= 15 is 0 Å². The van der Waals surface area contributed by atoms with Crippen molar-refractivity contribution in [3.05, 3.63) is 48.0 Å². The lowest BCUT2D eigenvalue weighted by Gasteiger charge is -2.34. The van der Waals surface area contributed by atoms with Crippen LogP contribution in [-0.4, -0.2) is 63.3 Å². The Kier molecular flexibility index (Phi) is 5.66. The number of amides is 1. The van der Waals surface area contributed by atoms with Gasteiger partial charge in [-0.3, -0.25) is 4.79 Å². The molecule has 0 saturated carbocycles. The van der Waals surface area contributed by atoms with Gasteiger partial charge < -0.3 is 14.5 Å². The third-order valence-corrected chi connectivity index (χ3v) is 7.22. The molecule has 0 N–H and O–H groups in total. The Bertz CT molecular complexity index is 1180. The summed E-state index contributed by atoms with van der Waals surface area (Å²) in [5.41, 5.74) is 1.88. The molecule has 0 radical (unpaired) electrons. The molecule has 1 amide bonds. The van der Waals surface area contributed by atoms with Gasteiger partial charge in [0.15, 0.2) is 21.6 Å². The van der Waals surface area contributed by atoms with Crippen LogP contribution in [0, 0.1) is 6.92 Å². The van der Waals surface area contributed by atoms with Gasteiger partial charge >= 0.3 is 0 Å². The van der Waals surface area contributed by atoms with Crippen LogP contribution in [0.2, 0.25) is 0 Å². The first-order chi connectivity index (χ1) is 14.3. The SMILES string of the molecule is Cc1cccc(OCC(=O)N2CCN(c3nc4ccc(S(C)(=O)=O)cc4s3)CC2)c1. The zero-order chi connectivity index (χ0) is 21.3. The van der Waals surface area contributed by atoms with Crippen molar-refractivity contribution in [2.24, 2.45) is 0 Å². The molecule has 1 aromatic heterocycles.